The molecule has 0 spiro atoms. The topological polar surface area (TPSA) is 43.8 Å². The maximum atomic E-state index is 6.42. The van der Waals surface area contributed by atoms with E-state index in [2.05, 4.69) is 25.0 Å². The van der Waals surface area contributed by atoms with Gasteiger partial charge in [0.25, 0.3) is 0 Å². The summed E-state index contributed by atoms with van der Waals surface area (Å²) < 4.78 is 2.00. The van der Waals surface area contributed by atoms with Crippen LogP contribution in [0.4, 0.5) is 0 Å². The lowest BCUT2D eigenvalue weighted by Crippen LogP contribution is -2.35. The second-order valence-corrected chi connectivity index (χ2v) is 6.00. The first-order valence-corrected chi connectivity index (χ1v) is 7.37. The van der Waals surface area contributed by atoms with Crippen LogP contribution in [-0.2, 0) is 19.9 Å². The van der Waals surface area contributed by atoms with Gasteiger partial charge in [-0.25, -0.2) is 0 Å². The summed E-state index contributed by atoms with van der Waals surface area (Å²) in [6.45, 7) is 4.51. The quantitative estimate of drug-likeness (QED) is 0.891. The van der Waals surface area contributed by atoms with Crippen molar-refractivity contribution in [3.8, 4) is 0 Å². The average molecular weight is 249 g/mol. The molecular weight excluding hydrogens is 222 g/mol. The molecule has 102 valence electrons. The second-order valence-electron chi connectivity index (χ2n) is 6.00. The van der Waals surface area contributed by atoms with E-state index < -0.39 is 0 Å². The number of hydrogen-bond acceptors (Lipinski definition) is 2. The molecule has 2 N–H and O–H groups in total. The fraction of sp³-hybridized carbons (Fsp3) is 0.800. The largest absolute Gasteiger partial charge is 0.327 e. The average Bonchev–Trinajstić information content (AvgIpc) is 2.70. The summed E-state index contributed by atoms with van der Waals surface area (Å²) in [5.41, 5.74) is 8.89. The van der Waals surface area contributed by atoms with Crippen LogP contribution in [0.1, 0.15) is 50.9 Å². The number of aromatic nitrogens is 2. The first-order valence-electron chi connectivity index (χ1n) is 7.37. The van der Waals surface area contributed by atoms with Crippen LogP contribution in [0, 0.1) is 11.8 Å². The van der Waals surface area contributed by atoms with Crippen molar-refractivity contribution in [2.24, 2.45) is 24.6 Å². The summed E-state index contributed by atoms with van der Waals surface area (Å²) in [6, 6.07) is 2.51. The van der Waals surface area contributed by atoms with Crippen molar-refractivity contribution in [1.82, 2.24) is 9.78 Å². The molecule has 1 heterocycles. The zero-order chi connectivity index (χ0) is 13.1. The van der Waals surface area contributed by atoms with Crippen molar-refractivity contribution >= 4 is 0 Å². The molecule has 3 atom stereocenters. The molecule has 0 saturated heterocycles. The summed E-state index contributed by atoms with van der Waals surface area (Å²) in [6.07, 6.45) is 7.33. The van der Waals surface area contributed by atoms with Gasteiger partial charge in [0.15, 0.2) is 0 Å². The van der Waals surface area contributed by atoms with Gasteiger partial charge in [-0.3, -0.25) is 4.68 Å². The molecule has 0 aliphatic heterocycles. The number of hydrogen-bond donors (Lipinski definition) is 1. The highest BCUT2D eigenvalue weighted by Gasteiger charge is 2.25. The van der Waals surface area contributed by atoms with Gasteiger partial charge in [-0.1, -0.05) is 26.7 Å². The van der Waals surface area contributed by atoms with Gasteiger partial charge in [-0.2, -0.15) is 5.10 Å². The van der Waals surface area contributed by atoms with Crippen LogP contribution >= 0.6 is 0 Å². The van der Waals surface area contributed by atoms with Gasteiger partial charge in [0.05, 0.1) is 5.69 Å². The van der Waals surface area contributed by atoms with Gasteiger partial charge < -0.3 is 5.73 Å². The maximum absolute atomic E-state index is 6.42. The highest BCUT2D eigenvalue weighted by atomic mass is 15.3. The molecule has 0 bridgehead atoms. The van der Waals surface area contributed by atoms with Crippen molar-refractivity contribution in [2.75, 3.05) is 0 Å². The van der Waals surface area contributed by atoms with E-state index in [1.807, 2.05) is 11.7 Å². The third-order valence-electron chi connectivity index (χ3n) is 4.42. The Hall–Kier alpha value is -0.830. The predicted molar refractivity (Wildman–Crippen MR) is 75.4 cm³/mol. The minimum atomic E-state index is 0.299. The lowest BCUT2D eigenvalue weighted by molar-refractivity contribution is 0.244. The Kier molecular flexibility index (Phi) is 4.44. The van der Waals surface area contributed by atoms with Crippen molar-refractivity contribution < 1.29 is 0 Å². The molecule has 1 aromatic heterocycles. The Morgan fingerprint density at radius 2 is 2.28 bits per heavy atom. The summed E-state index contributed by atoms with van der Waals surface area (Å²) in [5, 5.41) is 4.50. The van der Waals surface area contributed by atoms with E-state index in [1.54, 1.807) is 0 Å². The van der Waals surface area contributed by atoms with Crippen molar-refractivity contribution in [3.63, 3.8) is 0 Å². The van der Waals surface area contributed by atoms with Gasteiger partial charge in [0.2, 0.25) is 0 Å². The first-order chi connectivity index (χ1) is 8.60. The van der Waals surface area contributed by atoms with E-state index >= 15 is 0 Å². The molecule has 1 fully saturated rings. The molecule has 1 aromatic rings. The zero-order valence-corrected chi connectivity index (χ0v) is 12.0. The fourth-order valence-corrected chi connectivity index (χ4v) is 3.21. The summed E-state index contributed by atoms with van der Waals surface area (Å²) in [4.78, 5) is 0. The van der Waals surface area contributed by atoms with Gasteiger partial charge in [-0.05, 0) is 37.2 Å². The van der Waals surface area contributed by atoms with E-state index in [1.165, 1.54) is 37.1 Å². The molecule has 0 aromatic carbocycles. The Bertz CT molecular complexity index is 383. The third-order valence-corrected chi connectivity index (χ3v) is 4.42. The molecule has 18 heavy (non-hydrogen) atoms. The molecule has 0 radical (unpaired) electrons. The molecule has 1 aliphatic carbocycles. The van der Waals surface area contributed by atoms with E-state index in [0.717, 1.165) is 18.8 Å². The lowest BCUT2D eigenvalue weighted by Gasteiger charge is -2.31. The van der Waals surface area contributed by atoms with E-state index in [9.17, 15) is 0 Å². The smallest absolute Gasteiger partial charge is 0.0624 e. The summed E-state index contributed by atoms with van der Waals surface area (Å²) in [5.74, 6) is 1.56. The van der Waals surface area contributed by atoms with Crippen LogP contribution in [0.2, 0.25) is 0 Å². The molecule has 1 aliphatic rings. The van der Waals surface area contributed by atoms with Crippen LogP contribution in [-0.4, -0.2) is 15.8 Å². The zero-order valence-electron chi connectivity index (χ0n) is 12.0. The molecule has 3 heteroatoms. The normalized spacial score (nSPS) is 26.2. The summed E-state index contributed by atoms with van der Waals surface area (Å²) in [7, 11) is 2.03. The standard InChI is InChI=1S/C15H27N3/c1-4-13-9-14(18(3)17-13)10-15(16)12-7-5-6-11(2)8-12/h9,11-12,15H,4-8,10,16H2,1-3H3. The number of nitrogens with zero attached hydrogens (tertiary/aromatic N) is 2. The molecular formula is C15H27N3. The second kappa shape index (κ2) is 5.87. The number of rotatable bonds is 4. The van der Waals surface area contributed by atoms with Crippen LogP contribution in [0.3, 0.4) is 0 Å². The van der Waals surface area contributed by atoms with E-state index in [-0.39, 0.29) is 0 Å². The number of nitrogens with two attached hydrogens (primary N) is 1. The minimum absolute atomic E-state index is 0.299. The van der Waals surface area contributed by atoms with Crippen molar-refractivity contribution in [3.05, 3.63) is 17.5 Å². The Balaban J connectivity index is 1.97. The Labute approximate surface area is 111 Å². The molecule has 3 nitrogen and oxygen atoms in total. The highest BCUT2D eigenvalue weighted by Crippen LogP contribution is 2.31. The van der Waals surface area contributed by atoms with E-state index in [4.69, 9.17) is 5.73 Å². The molecule has 3 unspecified atom stereocenters. The lowest BCUT2D eigenvalue weighted by atomic mass is 9.78. The van der Waals surface area contributed by atoms with Crippen LogP contribution in [0.15, 0.2) is 6.07 Å². The fourth-order valence-electron chi connectivity index (χ4n) is 3.21. The third kappa shape index (κ3) is 3.14. The van der Waals surface area contributed by atoms with Crippen molar-refractivity contribution in [2.45, 2.75) is 58.4 Å². The maximum Gasteiger partial charge on any atom is 0.0624 e. The SMILES string of the molecule is CCc1cc(CC(N)C2CCCC(C)C2)n(C)n1. The molecule has 0 amide bonds. The summed E-state index contributed by atoms with van der Waals surface area (Å²) >= 11 is 0. The van der Waals surface area contributed by atoms with Crippen LogP contribution < -0.4 is 5.73 Å². The first kappa shape index (κ1) is 13.6. The molecule has 1 saturated carbocycles. The van der Waals surface area contributed by atoms with Gasteiger partial charge in [0, 0.05) is 25.2 Å². The van der Waals surface area contributed by atoms with Crippen LogP contribution in [0.25, 0.3) is 0 Å². The predicted octanol–water partition coefficient (Wildman–Crippen LogP) is 2.68. The van der Waals surface area contributed by atoms with Gasteiger partial charge in [-0.15, -0.1) is 0 Å². The highest BCUT2D eigenvalue weighted by molar-refractivity contribution is 5.11. The van der Waals surface area contributed by atoms with Gasteiger partial charge >= 0.3 is 0 Å². The van der Waals surface area contributed by atoms with Gasteiger partial charge in [0.1, 0.15) is 0 Å². The Morgan fingerprint density at radius 1 is 1.50 bits per heavy atom. The minimum Gasteiger partial charge on any atom is -0.327 e. The number of aryl methyl sites for hydroxylation is 2. The Morgan fingerprint density at radius 3 is 2.89 bits per heavy atom. The van der Waals surface area contributed by atoms with Crippen LogP contribution in [0.5, 0.6) is 0 Å². The van der Waals surface area contributed by atoms with E-state index in [0.29, 0.717) is 12.0 Å². The van der Waals surface area contributed by atoms with Crippen molar-refractivity contribution in [1.29, 1.82) is 0 Å². The monoisotopic (exact) mass is 249 g/mol. The molecule has 2 rings (SSSR count).